The highest BCUT2D eigenvalue weighted by atomic mass is 16.1. The van der Waals surface area contributed by atoms with Gasteiger partial charge in [0, 0.05) is 31.6 Å². The zero-order valence-electron chi connectivity index (χ0n) is 11.8. The molecule has 19 heavy (non-hydrogen) atoms. The third-order valence-electron chi connectivity index (χ3n) is 3.74. The fraction of sp³-hybridized carbons (Fsp3) is 0.471. The van der Waals surface area contributed by atoms with Gasteiger partial charge in [0.2, 0.25) is 0 Å². The van der Waals surface area contributed by atoms with Gasteiger partial charge in [0.15, 0.2) is 5.78 Å². The van der Waals surface area contributed by atoms with Crippen LogP contribution < -0.4 is 0 Å². The number of hydrogen-bond acceptors (Lipinski definition) is 2. The molecule has 2 rings (SSSR count). The fourth-order valence-electron chi connectivity index (χ4n) is 2.55. The highest BCUT2D eigenvalue weighted by Crippen LogP contribution is 2.18. The van der Waals surface area contributed by atoms with Crippen LogP contribution >= 0.6 is 0 Å². The molecule has 0 fully saturated rings. The molecule has 1 aromatic carbocycles. The molecule has 2 heteroatoms. The maximum absolute atomic E-state index is 11.4. The van der Waals surface area contributed by atoms with E-state index in [2.05, 4.69) is 28.9 Å². The lowest BCUT2D eigenvalue weighted by Gasteiger charge is -2.17. The first kappa shape index (κ1) is 13.8. The van der Waals surface area contributed by atoms with Gasteiger partial charge in [0.1, 0.15) is 0 Å². The number of carbonyl (C=O) groups excluding carboxylic acids is 1. The first-order valence-electron chi connectivity index (χ1n) is 6.95. The molecule has 1 heterocycles. The van der Waals surface area contributed by atoms with Crippen molar-refractivity contribution < 1.29 is 4.79 Å². The largest absolute Gasteiger partial charge is 0.302 e. The topological polar surface area (TPSA) is 20.3 Å². The first-order chi connectivity index (χ1) is 9.20. The van der Waals surface area contributed by atoms with E-state index in [0.29, 0.717) is 0 Å². The van der Waals surface area contributed by atoms with E-state index in [1.807, 2.05) is 13.0 Å². The summed E-state index contributed by atoms with van der Waals surface area (Å²) in [6.45, 7) is 6.74. The van der Waals surface area contributed by atoms with Crippen molar-refractivity contribution in [1.82, 2.24) is 4.90 Å². The second-order valence-electron chi connectivity index (χ2n) is 5.06. The summed E-state index contributed by atoms with van der Waals surface area (Å²) in [5, 5.41) is 0. The van der Waals surface area contributed by atoms with Gasteiger partial charge in [-0.25, -0.2) is 0 Å². The smallest absolute Gasteiger partial charge is 0.159 e. The summed E-state index contributed by atoms with van der Waals surface area (Å²) >= 11 is 0. The average molecular weight is 255 g/mol. The van der Waals surface area contributed by atoms with Crippen molar-refractivity contribution in [2.24, 2.45) is 0 Å². The van der Waals surface area contributed by atoms with Crippen molar-refractivity contribution in [2.75, 3.05) is 19.6 Å². The van der Waals surface area contributed by atoms with E-state index in [0.717, 1.165) is 44.5 Å². The lowest BCUT2D eigenvalue weighted by molar-refractivity contribution is 0.101. The summed E-state index contributed by atoms with van der Waals surface area (Å²) in [6, 6.07) is 6.16. The lowest BCUT2D eigenvalue weighted by atomic mass is 9.99. The van der Waals surface area contributed by atoms with Gasteiger partial charge in [0.25, 0.3) is 0 Å². The summed E-state index contributed by atoms with van der Waals surface area (Å²) in [7, 11) is 0. The Hall–Kier alpha value is -1.59. The van der Waals surface area contributed by atoms with Crippen molar-refractivity contribution in [3.05, 3.63) is 34.9 Å². The summed E-state index contributed by atoms with van der Waals surface area (Å²) in [5.41, 5.74) is 3.58. The molecule has 0 radical (unpaired) electrons. The molecule has 2 nitrogen and oxygen atoms in total. The van der Waals surface area contributed by atoms with E-state index in [4.69, 9.17) is 0 Å². The molecule has 0 spiro atoms. The molecule has 1 aromatic rings. The molecule has 0 saturated heterocycles. The minimum Gasteiger partial charge on any atom is -0.302 e. The van der Waals surface area contributed by atoms with E-state index >= 15 is 0 Å². The number of nitrogens with zero attached hydrogens (tertiary/aromatic N) is 1. The predicted molar refractivity (Wildman–Crippen MR) is 78.4 cm³/mol. The van der Waals surface area contributed by atoms with E-state index in [9.17, 15) is 4.79 Å². The van der Waals surface area contributed by atoms with E-state index in [1.54, 1.807) is 6.92 Å². The van der Waals surface area contributed by atoms with Gasteiger partial charge in [0.05, 0.1) is 0 Å². The number of ketones is 1. The Labute approximate surface area is 115 Å². The molecular weight excluding hydrogens is 234 g/mol. The molecule has 0 atom stereocenters. The maximum Gasteiger partial charge on any atom is 0.159 e. The van der Waals surface area contributed by atoms with Crippen LogP contribution in [-0.2, 0) is 12.8 Å². The predicted octanol–water partition coefficient (Wildman–Crippen LogP) is 2.70. The van der Waals surface area contributed by atoms with Crippen LogP contribution in [0.25, 0.3) is 0 Å². The van der Waals surface area contributed by atoms with Crippen LogP contribution in [0, 0.1) is 11.8 Å². The molecule has 0 unspecified atom stereocenters. The highest BCUT2D eigenvalue weighted by Gasteiger charge is 2.14. The summed E-state index contributed by atoms with van der Waals surface area (Å²) in [5.74, 6) is 6.23. The molecule has 0 aliphatic carbocycles. The Morgan fingerprint density at radius 2 is 2.00 bits per heavy atom. The standard InChI is InChI=1S/C17H21NO/c1-3-4-5-10-18-11-8-15-6-7-16(14(2)19)13-17(15)9-12-18/h6-7,13H,5,8-12H2,1-2H3. The molecule has 1 aliphatic heterocycles. The Morgan fingerprint density at radius 1 is 1.26 bits per heavy atom. The first-order valence-corrected chi connectivity index (χ1v) is 6.95. The maximum atomic E-state index is 11.4. The number of carbonyl (C=O) groups is 1. The van der Waals surface area contributed by atoms with Crippen LogP contribution in [0.3, 0.4) is 0 Å². The number of hydrogen-bond donors (Lipinski definition) is 0. The Morgan fingerprint density at radius 3 is 2.68 bits per heavy atom. The summed E-state index contributed by atoms with van der Waals surface area (Å²) in [4.78, 5) is 13.9. The van der Waals surface area contributed by atoms with Crippen molar-refractivity contribution >= 4 is 5.78 Å². The van der Waals surface area contributed by atoms with Gasteiger partial charge in [-0.15, -0.1) is 11.8 Å². The zero-order chi connectivity index (χ0) is 13.7. The summed E-state index contributed by atoms with van der Waals surface area (Å²) < 4.78 is 0. The van der Waals surface area contributed by atoms with E-state index in [1.165, 1.54) is 11.1 Å². The van der Waals surface area contributed by atoms with Crippen molar-refractivity contribution in [3.8, 4) is 11.8 Å². The van der Waals surface area contributed by atoms with Gasteiger partial charge in [-0.05, 0) is 43.9 Å². The minimum absolute atomic E-state index is 0.155. The third kappa shape index (κ3) is 3.68. The molecule has 0 saturated carbocycles. The second-order valence-corrected chi connectivity index (χ2v) is 5.06. The molecule has 1 aliphatic rings. The van der Waals surface area contributed by atoms with Crippen LogP contribution in [0.5, 0.6) is 0 Å². The normalized spacial score (nSPS) is 15.1. The van der Waals surface area contributed by atoms with Crippen LogP contribution in [0.4, 0.5) is 0 Å². The molecule has 0 aromatic heterocycles. The lowest BCUT2D eigenvalue weighted by Crippen LogP contribution is -2.27. The highest BCUT2D eigenvalue weighted by molar-refractivity contribution is 5.94. The molecular formula is C17H21NO. The van der Waals surface area contributed by atoms with Gasteiger partial charge in [-0.1, -0.05) is 12.1 Å². The third-order valence-corrected chi connectivity index (χ3v) is 3.74. The average Bonchev–Trinajstić information content (AvgIpc) is 2.61. The number of fused-ring (bicyclic) bond motifs is 1. The minimum atomic E-state index is 0.155. The van der Waals surface area contributed by atoms with Crippen molar-refractivity contribution in [3.63, 3.8) is 0 Å². The van der Waals surface area contributed by atoms with Crippen LogP contribution in [-0.4, -0.2) is 30.3 Å². The zero-order valence-corrected chi connectivity index (χ0v) is 11.8. The second kappa shape index (κ2) is 6.54. The fourth-order valence-corrected chi connectivity index (χ4v) is 2.55. The molecule has 100 valence electrons. The number of rotatable bonds is 3. The Balaban J connectivity index is 2.04. The number of benzene rings is 1. The number of Topliss-reactive ketones (excluding diaryl/α,β-unsaturated/α-hetero) is 1. The van der Waals surface area contributed by atoms with Crippen molar-refractivity contribution in [2.45, 2.75) is 33.1 Å². The van der Waals surface area contributed by atoms with Gasteiger partial charge >= 0.3 is 0 Å². The Bertz CT molecular complexity index is 522. The SMILES string of the molecule is CC#CCCN1CCc2ccc(C(C)=O)cc2CC1. The van der Waals surface area contributed by atoms with Crippen molar-refractivity contribution in [1.29, 1.82) is 0 Å². The van der Waals surface area contributed by atoms with Crippen LogP contribution in [0.15, 0.2) is 18.2 Å². The molecule has 0 amide bonds. The quantitative estimate of drug-likeness (QED) is 0.611. The Kier molecular flexibility index (Phi) is 4.76. The van der Waals surface area contributed by atoms with Gasteiger partial charge in [-0.3, -0.25) is 4.79 Å². The van der Waals surface area contributed by atoms with Crippen LogP contribution in [0.1, 0.15) is 41.8 Å². The van der Waals surface area contributed by atoms with Gasteiger partial charge < -0.3 is 4.90 Å². The molecule has 0 N–H and O–H groups in total. The van der Waals surface area contributed by atoms with Crippen LogP contribution in [0.2, 0.25) is 0 Å². The monoisotopic (exact) mass is 255 g/mol. The van der Waals surface area contributed by atoms with Gasteiger partial charge in [-0.2, -0.15) is 0 Å². The van der Waals surface area contributed by atoms with E-state index < -0.39 is 0 Å². The molecule has 0 bridgehead atoms. The summed E-state index contributed by atoms with van der Waals surface area (Å²) in [6.07, 6.45) is 3.06. The van der Waals surface area contributed by atoms with E-state index in [-0.39, 0.29) is 5.78 Å².